The van der Waals surface area contributed by atoms with E-state index in [0.29, 0.717) is 0 Å². The van der Waals surface area contributed by atoms with Crippen LogP contribution in [0.5, 0.6) is 0 Å². The summed E-state index contributed by atoms with van der Waals surface area (Å²) < 4.78 is 18.5. The van der Waals surface area contributed by atoms with Gasteiger partial charge in [0.15, 0.2) is 0 Å². The van der Waals surface area contributed by atoms with E-state index in [1.807, 2.05) is 26.0 Å². The van der Waals surface area contributed by atoms with Crippen LogP contribution in [0, 0.1) is 0 Å². The highest BCUT2D eigenvalue weighted by atomic mass is 16.7. The molecule has 1 N–H and O–H groups in total. The molecule has 1 radical (unpaired) electrons. The summed E-state index contributed by atoms with van der Waals surface area (Å²) >= 11 is 0. The van der Waals surface area contributed by atoms with Crippen LogP contribution in [0.25, 0.3) is 0 Å². The molecule has 3 aromatic carbocycles. The Kier molecular flexibility index (Phi) is 9.15. The quantitative estimate of drug-likeness (QED) is 0.271. The third-order valence-electron chi connectivity index (χ3n) is 8.80. The number of aryl methyl sites for hydroxylation is 1. The zero-order valence-corrected chi connectivity index (χ0v) is 26.3. The van der Waals surface area contributed by atoms with Crippen molar-refractivity contribution in [3.8, 4) is 0 Å². The monoisotopic (exact) mass is 554 g/mol. The van der Waals surface area contributed by atoms with Crippen LogP contribution in [0.4, 0.5) is 17.1 Å². The molecule has 0 aliphatic carbocycles. The fraction of sp³-hybridized carbons (Fsp3) is 0.471. The molecule has 0 unspecified atom stereocenters. The van der Waals surface area contributed by atoms with Crippen LogP contribution in [-0.4, -0.2) is 42.1 Å². The Labute approximate surface area is 248 Å². The van der Waals surface area contributed by atoms with Crippen LogP contribution in [0.1, 0.15) is 80.7 Å². The molecule has 217 valence electrons. The van der Waals surface area contributed by atoms with Crippen molar-refractivity contribution in [2.45, 2.75) is 104 Å². The Morgan fingerprint density at radius 1 is 0.780 bits per heavy atom. The summed E-state index contributed by atoms with van der Waals surface area (Å²) in [7, 11) is 1.32. The Bertz CT molecular complexity index is 1260. The minimum absolute atomic E-state index is 0.382. The maximum Gasteiger partial charge on any atom is 0.494 e. The molecule has 1 aliphatic heterocycles. The first-order chi connectivity index (χ1) is 19.1. The molecule has 0 spiro atoms. The van der Waals surface area contributed by atoms with E-state index in [-0.39, 0.29) is 11.2 Å². The first-order valence-corrected chi connectivity index (χ1v) is 14.8. The molecule has 4 rings (SSSR count). The molecule has 7 heteroatoms. The Morgan fingerprint density at radius 3 is 1.71 bits per heavy atom. The van der Waals surface area contributed by atoms with E-state index in [2.05, 4.69) is 100 Å². The van der Waals surface area contributed by atoms with Gasteiger partial charge in [-0.15, -0.1) is 0 Å². The molecule has 0 bridgehead atoms. The van der Waals surface area contributed by atoms with Gasteiger partial charge in [-0.1, -0.05) is 55.2 Å². The first-order valence-electron chi connectivity index (χ1n) is 14.8. The van der Waals surface area contributed by atoms with E-state index in [0.717, 1.165) is 34.4 Å². The summed E-state index contributed by atoms with van der Waals surface area (Å²) in [5.74, 6) is 0. The second kappa shape index (κ2) is 12.0. The lowest BCUT2D eigenvalue weighted by molar-refractivity contribution is -0.0893. The average molecular weight is 554 g/mol. The molecular weight excluding hydrogens is 508 g/mol. The number of rotatable bonds is 11. The molecule has 0 amide bonds. The summed E-state index contributed by atoms with van der Waals surface area (Å²) in [5, 5.41) is 10.4. The van der Waals surface area contributed by atoms with E-state index in [4.69, 9.17) is 14.0 Å². The number of anilines is 3. The molecule has 41 heavy (non-hydrogen) atoms. The van der Waals surface area contributed by atoms with E-state index >= 15 is 0 Å². The maximum absolute atomic E-state index is 10.4. The van der Waals surface area contributed by atoms with Gasteiger partial charge in [0.25, 0.3) is 0 Å². The van der Waals surface area contributed by atoms with Crippen LogP contribution in [0.3, 0.4) is 0 Å². The van der Waals surface area contributed by atoms with Crippen LogP contribution < -0.4 is 15.8 Å². The van der Waals surface area contributed by atoms with Crippen molar-refractivity contribution in [2.24, 2.45) is 0 Å². The predicted molar refractivity (Wildman–Crippen MR) is 172 cm³/mol. The van der Waals surface area contributed by atoms with Gasteiger partial charge in [-0.25, -0.2) is 0 Å². The molecular formula is C34H46B2NO4. The fourth-order valence-electron chi connectivity index (χ4n) is 4.46. The van der Waals surface area contributed by atoms with Gasteiger partial charge < -0.3 is 24.0 Å². The first kappa shape index (κ1) is 31.4. The highest BCUT2D eigenvalue weighted by Gasteiger charge is 2.51. The van der Waals surface area contributed by atoms with Crippen LogP contribution in [-0.2, 0) is 20.4 Å². The number of aliphatic hydroxyl groups is 1. The van der Waals surface area contributed by atoms with Crippen molar-refractivity contribution in [1.82, 2.24) is 0 Å². The lowest BCUT2D eigenvalue weighted by Gasteiger charge is -2.37. The van der Waals surface area contributed by atoms with E-state index in [9.17, 15) is 5.11 Å². The average Bonchev–Trinajstić information content (AvgIpc) is 3.14. The summed E-state index contributed by atoms with van der Waals surface area (Å²) in [6.07, 6.45) is 3.46. The van der Waals surface area contributed by atoms with Crippen molar-refractivity contribution in [3.05, 3.63) is 78.4 Å². The summed E-state index contributed by atoms with van der Waals surface area (Å²) in [5.41, 5.74) is 3.98. The largest absolute Gasteiger partial charge is 0.494 e. The van der Waals surface area contributed by atoms with Crippen molar-refractivity contribution in [3.63, 3.8) is 0 Å². The standard InChI is InChI=1S/C34H46B2NO4/c1-10-11-12-25-13-19-28(20-14-25)37(29-21-15-26(16-22-29)35-39-32(4,5)31(2,3)38)30-23-17-27(18-24-30)36-40-33(6,7)34(8,9)41-36/h13-24,38H,10-12H2,1-9H3. The van der Waals surface area contributed by atoms with Crippen LogP contribution in [0.2, 0.25) is 0 Å². The van der Waals surface area contributed by atoms with Crippen LogP contribution in [0.15, 0.2) is 72.8 Å². The second-order valence-corrected chi connectivity index (χ2v) is 13.2. The van der Waals surface area contributed by atoms with Crippen molar-refractivity contribution < 1.29 is 19.1 Å². The van der Waals surface area contributed by atoms with E-state index in [1.165, 1.54) is 18.4 Å². The van der Waals surface area contributed by atoms with Gasteiger partial charge in [0.05, 0.1) is 22.4 Å². The number of benzene rings is 3. The number of hydrogen-bond donors (Lipinski definition) is 1. The Morgan fingerprint density at radius 2 is 1.24 bits per heavy atom. The van der Waals surface area contributed by atoms with E-state index < -0.39 is 18.3 Å². The smallest absolute Gasteiger partial charge is 0.427 e. The molecule has 3 aromatic rings. The minimum Gasteiger partial charge on any atom is -0.427 e. The third-order valence-corrected chi connectivity index (χ3v) is 8.80. The molecule has 0 atom stereocenters. The SMILES string of the molecule is CCCCc1ccc(N(c2ccc([B]OC(C)(C)C(C)(C)O)cc2)c2ccc(B3OC(C)(C)C(C)(C)O3)cc2)cc1. The summed E-state index contributed by atoms with van der Waals surface area (Å²) in [6, 6.07) is 25.6. The summed E-state index contributed by atoms with van der Waals surface area (Å²) in [4.78, 5) is 2.25. The summed E-state index contributed by atoms with van der Waals surface area (Å²) in [6.45, 7) is 17.8. The van der Waals surface area contributed by atoms with Gasteiger partial charge in [-0.05, 0) is 116 Å². The molecule has 1 aliphatic rings. The molecule has 1 heterocycles. The van der Waals surface area contributed by atoms with Crippen molar-refractivity contribution >= 4 is 42.6 Å². The van der Waals surface area contributed by atoms with Gasteiger partial charge >= 0.3 is 14.6 Å². The highest BCUT2D eigenvalue weighted by molar-refractivity contribution is 6.62. The lowest BCUT2D eigenvalue weighted by Crippen LogP contribution is -2.49. The van der Waals surface area contributed by atoms with Crippen molar-refractivity contribution in [1.29, 1.82) is 0 Å². The minimum atomic E-state index is -0.976. The Balaban J connectivity index is 1.61. The topological polar surface area (TPSA) is 51.2 Å². The predicted octanol–water partition coefficient (Wildman–Crippen LogP) is 6.61. The highest BCUT2D eigenvalue weighted by Crippen LogP contribution is 2.37. The van der Waals surface area contributed by atoms with Gasteiger partial charge in [0.2, 0.25) is 0 Å². The fourth-order valence-corrected chi connectivity index (χ4v) is 4.46. The van der Waals surface area contributed by atoms with Gasteiger partial charge in [-0.3, -0.25) is 0 Å². The third kappa shape index (κ3) is 7.09. The van der Waals surface area contributed by atoms with Gasteiger partial charge in [0.1, 0.15) is 0 Å². The molecule has 0 aromatic heterocycles. The van der Waals surface area contributed by atoms with Gasteiger partial charge in [0, 0.05) is 17.1 Å². The molecule has 5 nitrogen and oxygen atoms in total. The number of hydrogen-bond acceptors (Lipinski definition) is 5. The van der Waals surface area contributed by atoms with E-state index in [1.54, 1.807) is 21.3 Å². The number of unbranched alkanes of at least 4 members (excludes halogenated alkanes) is 1. The Hall–Kier alpha value is -2.57. The van der Waals surface area contributed by atoms with Crippen molar-refractivity contribution in [2.75, 3.05) is 4.90 Å². The van der Waals surface area contributed by atoms with Crippen LogP contribution >= 0.6 is 0 Å². The molecule has 1 fully saturated rings. The molecule has 0 saturated carbocycles. The lowest BCUT2D eigenvalue weighted by atomic mass is 9.79. The second-order valence-electron chi connectivity index (χ2n) is 13.2. The zero-order chi connectivity index (χ0) is 30.1. The number of nitrogens with zero attached hydrogens (tertiary/aromatic N) is 1. The zero-order valence-electron chi connectivity index (χ0n) is 26.3. The molecule has 1 saturated heterocycles. The van der Waals surface area contributed by atoms with Gasteiger partial charge in [-0.2, -0.15) is 0 Å². The normalized spacial score (nSPS) is 16.6. The maximum atomic E-state index is 10.4.